The lowest BCUT2D eigenvalue weighted by Gasteiger charge is -2.27. The van der Waals surface area contributed by atoms with Crippen molar-refractivity contribution >= 4 is 11.6 Å². The number of hydrogen-bond donors (Lipinski definition) is 0. The van der Waals surface area contributed by atoms with Gasteiger partial charge in [0.15, 0.2) is 0 Å². The van der Waals surface area contributed by atoms with Gasteiger partial charge in [0.2, 0.25) is 5.91 Å². The largest absolute Gasteiger partial charge is 0.310 e. The van der Waals surface area contributed by atoms with Crippen LogP contribution in [0.25, 0.3) is 0 Å². The molecule has 0 saturated heterocycles. The van der Waals surface area contributed by atoms with Crippen molar-refractivity contribution in [2.45, 2.75) is 40.2 Å². The van der Waals surface area contributed by atoms with Crippen molar-refractivity contribution in [3.05, 3.63) is 46.8 Å². The first-order valence-corrected chi connectivity index (χ1v) is 7.73. The fourth-order valence-electron chi connectivity index (χ4n) is 2.79. The number of aryl methyl sites for hydroxylation is 2. The minimum absolute atomic E-state index is 0.0489. The van der Waals surface area contributed by atoms with Crippen LogP contribution in [0.15, 0.2) is 24.3 Å². The number of hydrogen-bond acceptors (Lipinski definition) is 2. The van der Waals surface area contributed by atoms with E-state index >= 15 is 0 Å². The van der Waals surface area contributed by atoms with Gasteiger partial charge in [0.25, 0.3) is 0 Å². The first kappa shape index (κ1) is 16.8. The molecule has 23 heavy (non-hydrogen) atoms. The summed E-state index contributed by atoms with van der Waals surface area (Å²) >= 11 is 0. The Morgan fingerprint density at radius 1 is 1.39 bits per heavy atom. The van der Waals surface area contributed by atoms with Gasteiger partial charge in [-0.3, -0.25) is 9.48 Å². The smallest absolute Gasteiger partial charge is 0.231 e. The van der Waals surface area contributed by atoms with Gasteiger partial charge in [0, 0.05) is 35.6 Å². The number of nitrogens with zero attached hydrogens (tertiary/aromatic N) is 3. The zero-order chi connectivity index (χ0) is 17.1. The number of carbonyl (C=O) groups excluding carboxylic acids is 1. The summed E-state index contributed by atoms with van der Waals surface area (Å²) in [4.78, 5) is 14.7. The van der Waals surface area contributed by atoms with E-state index in [-0.39, 0.29) is 11.9 Å². The Morgan fingerprint density at radius 2 is 2.09 bits per heavy atom. The number of terminal acetylenes is 1. The molecule has 4 nitrogen and oxygen atoms in total. The van der Waals surface area contributed by atoms with E-state index in [2.05, 4.69) is 11.0 Å². The Morgan fingerprint density at radius 3 is 2.61 bits per heavy atom. The van der Waals surface area contributed by atoms with Crippen LogP contribution in [-0.4, -0.2) is 21.7 Å². The Hall–Kier alpha value is -2.54. The van der Waals surface area contributed by atoms with Crippen LogP contribution < -0.4 is 4.90 Å². The molecule has 1 amide bonds. The molecule has 1 aromatic heterocycles. The van der Waals surface area contributed by atoms with Gasteiger partial charge in [-0.1, -0.05) is 12.0 Å². The van der Waals surface area contributed by atoms with Crippen molar-refractivity contribution in [2.24, 2.45) is 7.05 Å². The fourth-order valence-corrected chi connectivity index (χ4v) is 2.79. The summed E-state index contributed by atoms with van der Waals surface area (Å²) < 4.78 is 1.82. The van der Waals surface area contributed by atoms with Gasteiger partial charge in [-0.2, -0.15) is 5.10 Å². The lowest BCUT2D eigenvalue weighted by Crippen LogP contribution is -2.38. The average Bonchev–Trinajstić information content (AvgIpc) is 2.73. The van der Waals surface area contributed by atoms with Gasteiger partial charge in [0.05, 0.1) is 12.1 Å². The Balaban J connectivity index is 2.34. The van der Waals surface area contributed by atoms with Crippen molar-refractivity contribution in [3.8, 4) is 12.3 Å². The average molecular weight is 309 g/mol. The number of anilines is 1. The maximum absolute atomic E-state index is 12.9. The molecular weight excluding hydrogens is 286 g/mol. The van der Waals surface area contributed by atoms with E-state index in [1.807, 2.05) is 63.7 Å². The summed E-state index contributed by atoms with van der Waals surface area (Å²) in [5.74, 6) is 2.67. The van der Waals surface area contributed by atoms with Gasteiger partial charge in [-0.25, -0.2) is 0 Å². The van der Waals surface area contributed by atoms with Crippen molar-refractivity contribution in [1.29, 1.82) is 0 Å². The van der Waals surface area contributed by atoms with Gasteiger partial charge in [0.1, 0.15) is 0 Å². The van der Waals surface area contributed by atoms with Gasteiger partial charge >= 0.3 is 0 Å². The van der Waals surface area contributed by atoms with E-state index in [1.165, 1.54) is 0 Å². The highest BCUT2D eigenvalue weighted by molar-refractivity contribution is 5.95. The second-order valence-corrected chi connectivity index (χ2v) is 6.00. The van der Waals surface area contributed by atoms with Gasteiger partial charge in [-0.15, -0.1) is 6.42 Å². The first-order valence-electron chi connectivity index (χ1n) is 7.73. The molecule has 4 heteroatoms. The topological polar surface area (TPSA) is 38.1 Å². The summed E-state index contributed by atoms with van der Waals surface area (Å²) in [6, 6.07) is 7.59. The minimum Gasteiger partial charge on any atom is -0.310 e. The summed E-state index contributed by atoms with van der Waals surface area (Å²) in [6.07, 6.45) is 5.81. The van der Waals surface area contributed by atoms with E-state index in [0.717, 1.165) is 28.2 Å². The molecule has 120 valence electrons. The molecule has 0 aliphatic rings. The number of rotatable bonds is 4. The molecule has 0 aliphatic carbocycles. The Labute approximate surface area is 138 Å². The number of carbonyl (C=O) groups is 1. The molecule has 0 bridgehead atoms. The summed E-state index contributed by atoms with van der Waals surface area (Å²) in [7, 11) is 1.90. The summed E-state index contributed by atoms with van der Waals surface area (Å²) in [5.41, 5.74) is 4.53. The van der Waals surface area contributed by atoms with Crippen LogP contribution in [0.2, 0.25) is 0 Å². The molecular formula is C19H23N3O. The summed E-state index contributed by atoms with van der Waals surface area (Å²) in [6.45, 7) is 7.93. The molecule has 0 unspecified atom stereocenters. The molecule has 0 fully saturated rings. The van der Waals surface area contributed by atoms with E-state index < -0.39 is 0 Å². The van der Waals surface area contributed by atoms with Crippen molar-refractivity contribution in [3.63, 3.8) is 0 Å². The highest BCUT2D eigenvalue weighted by Crippen LogP contribution is 2.21. The van der Waals surface area contributed by atoms with E-state index in [1.54, 1.807) is 4.90 Å². The highest BCUT2D eigenvalue weighted by Gasteiger charge is 2.22. The molecule has 0 radical (unpaired) electrons. The number of aromatic nitrogens is 2. The van der Waals surface area contributed by atoms with Crippen molar-refractivity contribution in [2.75, 3.05) is 4.90 Å². The quantitative estimate of drug-likeness (QED) is 0.814. The van der Waals surface area contributed by atoms with Crippen LogP contribution in [0.5, 0.6) is 0 Å². The second kappa shape index (κ2) is 6.70. The summed E-state index contributed by atoms with van der Waals surface area (Å²) in [5, 5.41) is 4.39. The first-order chi connectivity index (χ1) is 10.8. The molecule has 0 saturated carbocycles. The van der Waals surface area contributed by atoms with Crippen LogP contribution in [0.4, 0.5) is 5.69 Å². The maximum Gasteiger partial charge on any atom is 0.231 e. The zero-order valence-electron chi connectivity index (χ0n) is 14.4. The lowest BCUT2D eigenvalue weighted by atomic mass is 10.1. The molecule has 1 aromatic carbocycles. The molecule has 2 aromatic rings. The third kappa shape index (κ3) is 3.45. The van der Waals surface area contributed by atoms with E-state index in [0.29, 0.717) is 6.42 Å². The third-order valence-electron chi connectivity index (χ3n) is 4.06. The monoisotopic (exact) mass is 309 g/mol. The molecule has 0 spiro atoms. The van der Waals surface area contributed by atoms with E-state index in [4.69, 9.17) is 6.42 Å². The molecule has 2 rings (SSSR count). The van der Waals surface area contributed by atoms with Gasteiger partial charge in [-0.05, 0) is 45.9 Å². The van der Waals surface area contributed by atoms with Crippen LogP contribution in [0.1, 0.15) is 36.4 Å². The molecule has 0 aliphatic heterocycles. The molecule has 0 N–H and O–H groups in total. The second-order valence-electron chi connectivity index (χ2n) is 6.00. The van der Waals surface area contributed by atoms with Crippen LogP contribution >= 0.6 is 0 Å². The number of benzene rings is 1. The predicted molar refractivity (Wildman–Crippen MR) is 93.4 cm³/mol. The lowest BCUT2D eigenvalue weighted by molar-refractivity contribution is -0.118. The van der Waals surface area contributed by atoms with Gasteiger partial charge < -0.3 is 4.90 Å². The molecule has 1 heterocycles. The number of amides is 1. The van der Waals surface area contributed by atoms with E-state index in [9.17, 15) is 4.79 Å². The zero-order valence-corrected chi connectivity index (χ0v) is 14.4. The third-order valence-corrected chi connectivity index (χ3v) is 4.06. The van der Waals surface area contributed by atoms with Crippen LogP contribution in [0.3, 0.4) is 0 Å². The normalized spacial score (nSPS) is 10.7. The SMILES string of the molecule is C#Cc1cccc(N(C(=O)Cc2c(C)nn(C)c2C)C(C)C)c1. The standard InChI is InChI=1S/C19H23N3O/c1-7-16-9-8-10-17(11-16)22(13(2)3)19(23)12-18-14(4)20-21(6)15(18)5/h1,8-11,13H,12H2,2-6H3. The minimum atomic E-state index is 0.0489. The van der Waals surface area contributed by atoms with Crippen LogP contribution in [-0.2, 0) is 18.3 Å². The Kier molecular flexibility index (Phi) is 4.90. The van der Waals surface area contributed by atoms with Crippen molar-refractivity contribution < 1.29 is 4.79 Å². The fraction of sp³-hybridized carbons (Fsp3) is 0.368. The Bertz CT molecular complexity index is 765. The predicted octanol–water partition coefficient (Wildman–Crippen LogP) is 3.00. The highest BCUT2D eigenvalue weighted by atomic mass is 16.2. The maximum atomic E-state index is 12.9. The van der Waals surface area contributed by atoms with Crippen molar-refractivity contribution in [1.82, 2.24) is 9.78 Å². The van der Waals surface area contributed by atoms with Crippen LogP contribution in [0, 0.1) is 26.2 Å². The molecule has 0 atom stereocenters.